The van der Waals surface area contributed by atoms with Gasteiger partial charge in [-0.25, -0.2) is 4.98 Å². The number of aromatic nitrogens is 3. The Balaban J connectivity index is 1.38. The molecule has 0 saturated heterocycles. The molecule has 1 amide bonds. The summed E-state index contributed by atoms with van der Waals surface area (Å²) in [5.41, 5.74) is 3.72. The molecule has 1 saturated carbocycles. The number of fused-ring (bicyclic) bond motifs is 2. The number of rotatable bonds is 3. The van der Waals surface area contributed by atoms with Crippen molar-refractivity contribution in [1.82, 2.24) is 19.7 Å². The zero-order chi connectivity index (χ0) is 19.3. The van der Waals surface area contributed by atoms with Crippen molar-refractivity contribution in [2.24, 2.45) is 5.92 Å². The van der Waals surface area contributed by atoms with Gasteiger partial charge < -0.3 is 14.4 Å². The molecule has 1 aromatic carbocycles. The van der Waals surface area contributed by atoms with Crippen LogP contribution in [-0.2, 0) is 13.1 Å². The van der Waals surface area contributed by atoms with Crippen LogP contribution in [-0.4, -0.2) is 37.2 Å². The molecule has 1 aliphatic carbocycles. The van der Waals surface area contributed by atoms with E-state index in [4.69, 9.17) is 4.42 Å². The van der Waals surface area contributed by atoms with E-state index in [9.17, 15) is 9.90 Å². The quantitative estimate of drug-likeness (QED) is 0.754. The highest BCUT2D eigenvalue weighted by molar-refractivity contribution is 5.97. The highest BCUT2D eigenvalue weighted by atomic mass is 16.3. The van der Waals surface area contributed by atoms with Gasteiger partial charge in [0.25, 0.3) is 5.91 Å². The van der Waals surface area contributed by atoms with Gasteiger partial charge in [-0.3, -0.25) is 9.48 Å². The maximum atomic E-state index is 13.1. The lowest BCUT2D eigenvalue weighted by Crippen LogP contribution is -2.30. The van der Waals surface area contributed by atoms with E-state index in [-0.39, 0.29) is 5.91 Å². The molecule has 3 aromatic rings. The zero-order valence-corrected chi connectivity index (χ0v) is 16.0. The van der Waals surface area contributed by atoms with E-state index in [0.717, 1.165) is 42.7 Å². The highest BCUT2D eigenvalue weighted by Crippen LogP contribution is 2.37. The third-order valence-corrected chi connectivity index (χ3v) is 5.96. The number of carbonyl (C=O) groups is 1. The summed E-state index contributed by atoms with van der Waals surface area (Å²) in [4.78, 5) is 19.2. The molecule has 5 rings (SSSR count). The predicted octanol–water partition coefficient (Wildman–Crippen LogP) is 3.21. The van der Waals surface area contributed by atoms with Crippen LogP contribution >= 0.6 is 0 Å². The van der Waals surface area contributed by atoms with Crippen LogP contribution in [0, 0.1) is 12.8 Å². The molecule has 2 aromatic heterocycles. The molecule has 2 aliphatic rings. The van der Waals surface area contributed by atoms with E-state index >= 15 is 0 Å². The molecule has 1 atom stereocenters. The summed E-state index contributed by atoms with van der Waals surface area (Å²) in [5, 5.41) is 15.2. The van der Waals surface area contributed by atoms with Crippen LogP contribution in [0.25, 0.3) is 11.1 Å². The standard InChI is InChI=1S/C21H24N4O3/c1-13-22-17-7-6-15(10-19(17)28-13)21(27)24-8-3-9-25-16(12-24)11-18(23-25)20(26)14-4-2-5-14/h6-7,10-11,14,20,26H,2-5,8-9,12H2,1H3/t20-/m1/s1. The third kappa shape index (κ3) is 2.99. The van der Waals surface area contributed by atoms with Crippen LogP contribution in [0.2, 0.25) is 0 Å². The van der Waals surface area contributed by atoms with Crippen molar-refractivity contribution in [1.29, 1.82) is 0 Å². The first-order chi connectivity index (χ1) is 13.6. The van der Waals surface area contributed by atoms with E-state index in [0.29, 0.717) is 36.0 Å². The lowest BCUT2D eigenvalue weighted by atomic mass is 9.80. The summed E-state index contributed by atoms with van der Waals surface area (Å²) in [6, 6.07) is 7.37. The number of amides is 1. The predicted molar refractivity (Wildman–Crippen MR) is 103 cm³/mol. The molecule has 0 unspecified atom stereocenters. The van der Waals surface area contributed by atoms with Crippen LogP contribution in [0.15, 0.2) is 28.7 Å². The number of hydrogen-bond donors (Lipinski definition) is 1. The summed E-state index contributed by atoms with van der Waals surface area (Å²) in [7, 11) is 0. The molecule has 7 nitrogen and oxygen atoms in total. The van der Waals surface area contributed by atoms with Gasteiger partial charge >= 0.3 is 0 Å². The van der Waals surface area contributed by atoms with Gasteiger partial charge in [-0.1, -0.05) is 6.42 Å². The monoisotopic (exact) mass is 380 g/mol. The number of aryl methyl sites for hydroxylation is 2. The Hall–Kier alpha value is -2.67. The maximum absolute atomic E-state index is 13.1. The van der Waals surface area contributed by atoms with Crippen molar-refractivity contribution in [3.63, 3.8) is 0 Å². The number of carbonyl (C=O) groups excluding carboxylic acids is 1. The van der Waals surface area contributed by atoms with Gasteiger partial charge in [0.15, 0.2) is 11.5 Å². The molecule has 28 heavy (non-hydrogen) atoms. The molecule has 1 fully saturated rings. The summed E-state index contributed by atoms with van der Waals surface area (Å²) in [6.07, 6.45) is 3.67. The summed E-state index contributed by atoms with van der Waals surface area (Å²) in [6.45, 7) is 3.73. The van der Waals surface area contributed by atoms with Gasteiger partial charge in [-0.15, -0.1) is 0 Å². The Morgan fingerprint density at radius 2 is 2.11 bits per heavy atom. The molecule has 0 bridgehead atoms. The lowest BCUT2D eigenvalue weighted by Gasteiger charge is -2.29. The summed E-state index contributed by atoms with van der Waals surface area (Å²) < 4.78 is 7.52. The topological polar surface area (TPSA) is 84.4 Å². The molecular formula is C21H24N4O3. The van der Waals surface area contributed by atoms with Crippen molar-refractivity contribution < 1.29 is 14.3 Å². The summed E-state index contributed by atoms with van der Waals surface area (Å²) in [5.74, 6) is 0.900. The van der Waals surface area contributed by atoms with Crippen LogP contribution in [0.5, 0.6) is 0 Å². The van der Waals surface area contributed by atoms with Gasteiger partial charge in [0.1, 0.15) is 11.6 Å². The smallest absolute Gasteiger partial charge is 0.254 e. The molecule has 7 heteroatoms. The fourth-order valence-corrected chi connectivity index (χ4v) is 4.15. The Labute approximate surface area is 163 Å². The van der Waals surface area contributed by atoms with Gasteiger partial charge in [-0.2, -0.15) is 5.10 Å². The number of aliphatic hydroxyl groups excluding tert-OH is 1. The van der Waals surface area contributed by atoms with Crippen LogP contribution in [0.3, 0.4) is 0 Å². The van der Waals surface area contributed by atoms with Gasteiger partial charge in [0.05, 0.1) is 17.9 Å². The van der Waals surface area contributed by atoms with Crippen LogP contribution < -0.4 is 0 Å². The number of benzene rings is 1. The fourth-order valence-electron chi connectivity index (χ4n) is 4.15. The van der Waals surface area contributed by atoms with Crippen LogP contribution in [0.1, 0.15) is 59.4 Å². The Morgan fingerprint density at radius 3 is 2.89 bits per heavy atom. The minimum absolute atomic E-state index is 0.0216. The number of nitrogens with zero attached hydrogens (tertiary/aromatic N) is 4. The third-order valence-electron chi connectivity index (χ3n) is 5.96. The van der Waals surface area contributed by atoms with E-state index in [1.165, 1.54) is 6.42 Å². The van der Waals surface area contributed by atoms with Crippen LogP contribution in [0.4, 0.5) is 0 Å². The Bertz CT molecular complexity index is 1030. The van der Waals surface area contributed by atoms with Gasteiger partial charge in [0.2, 0.25) is 0 Å². The minimum atomic E-state index is -0.491. The molecular weight excluding hydrogens is 356 g/mol. The highest BCUT2D eigenvalue weighted by Gasteiger charge is 2.30. The zero-order valence-electron chi connectivity index (χ0n) is 16.0. The van der Waals surface area contributed by atoms with Crippen molar-refractivity contribution >= 4 is 17.0 Å². The summed E-state index contributed by atoms with van der Waals surface area (Å²) >= 11 is 0. The van der Waals surface area contributed by atoms with Crippen molar-refractivity contribution in [3.8, 4) is 0 Å². The first-order valence-corrected chi connectivity index (χ1v) is 9.99. The fraction of sp³-hybridized carbons (Fsp3) is 0.476. The van der Waals surface area contributed by atoms with E-state index in [1.54, 1.807) is 19.1 Å². The number of oxazole rings is 1. The van der Waals surface area contributed by atoms with Crippen molar-refractivity contribution in [3.05, 3.63) is 47.1 Å². The van der Waals surface area contributed by atoms with Crippen molar-refractivity contribution in [2.75, 3.05) is 6.54 Å². The molecule has 146 valence electrons. The minimum Gasteiger partial charge on any atom is -0.441 e. The average Bonchev–Trinajstić information content (AvgIpc) is 3.15. The Morgan fingerprint density at radius 1 is 1.25 bits per heavy atom. The molecule has 1 N–H and O–H groups in total. The lowest BCUT2D eigenvalue weighted by molar-refractivity contribution is 0.0580. The van der Waals surface area contributed by atoms with Crippen molar-refractivity contribution in [2.45, 2.75) is 51.8 Å². The molecule has 0 spiro atoms. The number of hydrogen-bond acceptors (Lipinski definition) is 5. The largest absolute Gasteiger partial charge is 0.441 e. The van der Waals surface area contributed by atoms with Gasteiger partial charge in [-0.05, 0) is 49.4 Å². The Kier molecular flexibility index (Phi) is 4.19. The van der Waals surface area contributed by atoms with E-state index in [1.807, 2.05) is 21.7 Å². The molecule has 0 radical (unpaired) electrons. The average molecular weight is 380 g/mol. The van der Waals surface area contributed by atoms with E-state index in [2.05, 4.69) is 10.1 Å². The second kappa shape index (κ2) is 6.74. The van der Waals surface area contributed by atoms with E-state index < -0.39 is 6.10 Å². The molecule has 1 aliphatic heterocycles. The SMILES string of the molecule is Cc1nc2ccc(C(=O)N3CCCn4nc([C@H](O)C5CCC5)cc4C3)cc2o1. The molecule has 3 heterocycles. The second-order valence-electron chi connectivity index (χ2n) is 7.92. The second-order valence-corrected chi connectivity index (χ2v) is 7.92. The normalized spacial score (nSPS) is 18.6. The first kappa shape index (κ1) is 17.4. The number of aliphatic hydroxyl groups is 1. The first-order valence-electron chi connectivity index (χ1n) is 9.99. The maximum Gasteiger partial charge on any atom is 0.254 e. The van der Waals surface area contributed by atoms with Gasteiger partial charge in [0, 0.05) is 25.6 Å².